The lowest BCUT2D eigenvalue weighted by Gasteiger charge is -2.39. The second-order valence-corrected chi connectivity index (χ2v) is 10.7. The van der Waals surface area contributed by atoms with Crippen LogP contribution in [0.15, 0.2) is 54.6 Å². The zero-order valence-corrected chi connectivity index (χ0v) is 21.8. The fourth-order valence-electron chi connectivity index (χ4n) is 4.26. The van der Waals surface area contributed by atoms with Gasteiger partial charge in [-0.3, -0.25) is 9.59 Å². The number of rotatable bonds is 7. The lowest BCUT2D eigenvalue weighted by atomic mass is 9.71. The quantitative estimate of drug-likeness (QED) is 0.307. The van der Waals surface area contributed by atoms with Crippen LogP contribution >= 0.6 is 34.8 Å². The predicted molar refractivity (Wildman–Crippen MR) is 139 cm³/mol. The number of hydrogen-bond donors (Lipinski definition) is 3. The van der Waals surface area contributed by atoms with Crippen LogP contribution < -0.4 is 10.6 Å². The van der Waals surface area contributed by atoms with Crippen molar-refractivity contribution in [2.45, 2.75) is 38.1 Å². The SMILES string of the molecule is CC1C=CC(C)(Cl)C(C(=O)NC(Cc2ccc(NC(=O)c3c(Cl)cccc3Cl)cc2)C(=O)O)C1C. The molecule has 1 aliphatic rings. The maximum absolute atomic E-state index is 13.1. The Morgan fingerprint density at radius 3 is 2.23 bits per heavy atom. The molecular weight excluding hydrogens is 511 g/mol. The van der Waals surface area contributed by atoms with Gasteiger partial charge < -0.3 is 15.7 Å². The molecule has 2 amide bonds. The number of alkyl halides is 1. The molecule has 3 rings (SSSR count). The van der Waals surface area contributed by atoms with Crippen molar-refractivity contribution in [1.29, 1.82) is 0 Å². The molecule has 0 saturated heterocycles. The zero-order valence-electron chi connectivity index (χ0n) is 19.5. The molecule has 186 valence electrons. The molecule has 0 spiro atoms. The molecule has 0 radical (unpaired) electrons. The van der Waals surface area contributed by atoms with Crippen molar-refractivity contribution in [2.24, 2.45) is 17.8 Å². The Morgan fingerprint density at radius 1 is 1.06 bits per heavy atom. The summed E-state index contributed by atoms with van der Waals surface area (Å²) in [5.41, 5.74) is 1.33. The Kier molecular flexibility index (Phi) is 8.52. The van der Waals surface area contributed by atoms with Crippen LogP contribution in [-0.2, 0) is 16.0 Å². The highest BCUT2D eigenvalue weighted by Crippen LogP contribution is 2.41. The van der Waals surface area contributed by atoms with Crippen LogP contribution in [0, 0.1) is 17.8 Å². The minimum atomic E-state index is -1.15. The molecule has 0 bridgehead atoms. The Balaban J connectivity index is 1.69. The van der Waals surface area contributed by atoms with Crippen molar-refractivity contribution in [2.75, 3.05) is 5.32 Å². The molecule has 0 aromatic heterocycles. The van der Waals surface area contributed by atoms with Gasteiger partial charge >= 0.3 is 5.97 Å². The topological polar surface area (TPSA) is 95.5 Å². The highest BCUT2D eigenvalue weighted by Gasteiger charge is 2.44. The molecule has 35 heavy (non-hydrogen) atoms. The maximum Gasteiger partial charge on any atom is 0.326 e. The van der Waals surface area contributed by atoms with Gasteiger partial charge in [-0.15, -0.1) is 11.6 Å². The molecular formula is C26H27Cl3N2O4. The third kappa shape index (κ3) is 6.37. The first-order valence-corrected chi connectivity index (χ1v) is 12.3. The molecule has 0 saturated carbocycles. The molecule has 0 heterocycles. The summed E-state index contributed by atoms with van der Waals surface area (Å²) in [6.45, 7) is 5.70. The largest absolute Gasteiger partial charge is 0.480 e. The van der Waals surface area contributed by atoms with Gasteiger partial charge in [0.1, 0.15) is 6.04 Å². The minimum absolute atomic E-state index is 0.0496. The first kappa shape index (κ1) is 27.1. The van der Waals surface area contributed by atoms with Crippen molar-refractivity contribution in [3.63, 3.8) is 0 Å². The lowest BCUT2D eigenvalue weighted by Crippen LogP contribution is -2.52. The molecule has 1 aliphatic carbocycles. The molecule has 6 nitrogen and oxygen atoms in total. The van der Waals surface area contributed by atoms with Gasteiger partial charge in [-0.1, -0.05) is 67.4 Å². The lowest BCUT2D eigenvalue weighted by molar-refractivity contribution is -0.143. The second kappa shape index (κ2) is 11.0. The molecule has 2 aromatic rings. The fraction of sp³-hybridized carbons (Fsp3) is 0.346. The van der Waals surface area contributed by atoms with Gasteiger partial charge in [0.2, 0.25) is 5.91 Å². The third-order valence-electron chi connectivity index (χ3n) is 6.43. The first-order valence-electron chi connectivity index (χ1n) is 11.2. The molecule has 3 N–H and O–H groups in total. The van der Waals surface area contributed by atoms with Crippen LogP contribution in [0.1, 0.15) is 36.7 Å². The van der Waals surface area contributed by atoms with Crippen LogP contribution in [-0.4, -0.2) is 33.8 Å². The van der Waals surface area contributed by atoms with E-state index in [2.05, 4.69) is 10.6 Å². The number of carboxylic acid groups (broad SMARTS) is 1. The third-order valence-corrected chi connectivity index (χ3v) is 7.42. The Morgan fingerprint density at radius 2 is 1.66 bits per heavy atom. The number of hydrogen-bond acceptors (Lipinski definition) is 3. The van der Waals surface area contributed by atoms with E-state index in [-0.39, 0.29) is 39.8 Å². The van der Waals surface area contributed by atoms with E-state index < -0.39 is 28.7 Å². The number of halogens is 3. The number of amides is 2. The van der Waals surface area contributed by atoms with Gasteiger partial charge in [0.25, 0.3) is 5.91 Å². The van der Waals surface area contributed by atoms with E-state index in [0.717, 1.165) is 0 Å². The summed E-state index contributed by atoms with van der Waals surface area (Å²) in [6.07, 6.45) is 3.86. The molecule has 5 unspecified atom stereocenters. The number of aliphatic carboxylic acids is 1. The maximum atomic E-state index is 13.1. The van der Waals surface area contributed by atoms with Crippen LogP contribution in [0.5, 0.6) is 0 Å². The molecule has 0 fully saturated rings. The highest BCUT2D eigenvalue weighted by atomic mass is 35.5. The number of carbonyl (C=O) groups is 3. The minimum Gasteiger partial charge on any atom is -0.480 e. The molecule has 9 heteroatoms. The van der Waals surface area contributed by atoms with E-state index in [0.29, 0.717) is 11.3 Å². The number of anilines is 1. The number of allylic oxidation sites excluding steroid dienone is 2. The number of carbonyl (C=O) groups excluding carboxylic acids is 2. The van der Waals surface area contributed by atoms with Crippen molar-refractivity contribution < 1.29 is 19.5 Å². The van der Waals surface area contributed by atoms with E-state index in [1.165, 1.54) is 0 Å². The van der Waals surface area contributed by atoms with E-state index in [1.54, 1.807) is 49.4 Å². The first-order chi connectivity index (χ1) is 16.4. The summed E-state index contributed by atoms with van der Waals surface area (Å²) in [4.78, 5) is 36.7. The standard InChI is InChI=1S/C26H27Cl3N2O4/c1-14-11-12-26(3,29)22(15(14)2)24(33)31-20(25(34)35)13-16-7-9-17(10-8-16)30-23(32)21-18(27)5-4-6-19(21)28/h4-12,14-15,20,22H,13H2,1-3H3,(H,30,32)(H,31,33)(H,34,35). The summed E-state index contributed by atoms with van der Waals surface area (Å²) in [6, 6.07) is 10.3. The van der Waals surface area contributed by atoms with Gasteiger partial charge in [-0.2, -0.15) is 0 Å². The molecule has 2 aromatic carbocycles. The number of nitrogens with one attached hydrogen (secondary N) is 2. The smallest absolute Gasteiger partial charge is 0.326 e. The van der Waals surface area contributed by atoms with Crippen molar-refractivity contribution in [1.82, 2.24) is 5.32 Å². The summed E-state index contributed by atoms with van der Waals surface area (Å²) in [5.74, 6) is -2.47. The average Bonchev–Trinajstić information content (AvgIpc) is 2.77. The van der Waals surface area contributed by atoms with E-state index >= 15 is 0 Å². The van der Waals surface area contributed by atoms with E-state index in [4.69, 9.17) is 34.8 Å². The Bertz CT molecular complexity index is 1130. The summed E-state index contributed by atoms with van der Waals surface area (Å²) < 4.78 is 0. The average molecular weight is 538 g/mol. The number of benzene rings is 2. The number of carboxylic acids is 1. The van der Waals surface area contributed by atoms with Crippen LogP contribution in [0.2, 0.25) is 10.0 Å². The molecule has 5 atom stereocenters. The summed E-state index contributed by atoms with van der Waals surface area (Å²) in [7, 11) is 0. The van der Waals surface area contributed by atoms with Gasteiger partial charge in [-0.25, -0.2) is 4.79 Å². The summed E-state index contributed by atoms with van der Waals surface area (Å²) in [5, 5.41) is 15.6. The van der Waals surface area contributed by atoms with E-state index in [9.17, 15) is 19.5 Å². The fourth-order valence-corrected chi connectivity index (χ4v) is 5.20. The van der Waals surface area contributed by atoms with Crippen molar-refractivity contribution in [3.8, 4) is 0 Å². The van der Waals surface area contributed by atoms with Gasteiger partial charge in [0.05, 0.1) is 26.4 Å². The van der Waals surface area contributed by atoms with Crippen LogP contribution in [0.4, 0.5) is 5.69 Å². The van der Waals surface area contributed by atoms with Crippen LogP contribution in [0.3, 0.4) is 0 Å². The predicted octanol–water partition coefficient (Wildman–Crippen LogP) is 5.81. The van der Waals surface area contributed by atoms with Crippen LogP contribution in [0.25, 0.3) is 0 Å². The zero-order chi connectivity index (χ0) is 25.9. The van der Waals surface area contributed by atoms with Gasteiger partial charge in [-0.05, 0) is 48.6 Å². The molecule has 0 aliphatic heterocycles. The normalized spacial score (nSPS) is 24.5. The van der Waals surface area contributed by atoms with E-state index in [1.807, 2.05) is 26.0 Å². The Labute approximate surface area is 219 Å². The van der Waals surface area contributed by atoms with Gasteiger partial charge in [0.15, 0.2) is 0 Å². The summed E-state index contributed by atoms with van der Waals surface area (Å²) >= 11 is 18.8. The second-order valence-electron chi connectivity index (χ2n) is 9.06. The van der Waals surface area contributed by atoms with Gasteiger partial charge in [0, 0.05) is 12.1 Å². The monoisotopic (exact) mass is 536 g/mol. The van der Waals surface area contributed by atoms with Crippen molar-refractivity contribution >= 4 is 58.3 Å². The Hall–Kier alpha value is -2.54. The van der Waals surface area contributed by atoms with Crippen molar-refractivity contribution in [3.05, 3.63) is 75.8 Å². The highest BCUT2D eigenvalue weighted by molar-refractivity contribution is 6.40.